The van der Waals surface area contributed by atoms with Crippen molar-refractivity contribution in [1.29, 1.82) is 5.26 Å². The number of anilines is 1. The quantitative estimate of drug-likeness (QED) is 0.496. The topological polar surface area (TPSA) is 107 Å². The summed E-state index contributed by atoms with van der Waals surface area (Å²) in [5.74, 6) is -0.600. The predicted molar refractivity (Wildman–Crippen MR) is 93.4 cm³/mol. The number of nitrogens with one attached hydrogen (secondary N) is 1. The highest BCUT2D eigenvalue weighted by Crippen LogP contribution is 2.11. The van der Waals surface area contributed by atoms with Crippen LogP contribution in [0.15, 0.2) is 70.9 Å². The van der Waals surface area contributed by atoms with E-state index in [4.69, 9.17) is 5.73 Å². The summed E-state index contributed by atoms with van der Waals surface area (Å²) in [4.78, 5) is 11.9. The molecule has 0 unspecified atom stereocenters. The number of para-hydroxylation sites is 1. The molecule has 0 fully saturated rings. The molecule has 7 heteroatoms. The monoisotopic (exact) mass is 320 g/mol. The zero-order valence-corrected chi connectivity index (χ0v) is 13.0. The highest BCUT2D eigenvalue weighted by Gasteiger charge is 2.09. The van der Waals surface area contributed by atoms with Crippen molar-refractivity contribution in [2.75, 3.05) is 12.1 Å². The van der Waals surface area contributed by atoms with Crippen LogP contribution in [0, 0.1) is 11.3 Å². The van der Waals surface area contributed by atoms with Gasteiger partial charge in [0, 0.05) is 12.6 Å². The van der Waals surface area contributed by atoms with Crippen molar-refractivity contribution in [2.45, 2.75) is 0 Å². The van der Waals surface area contributed by atoms with Crippen LogP contribution in [0.5, 0.6) is 0 Å². The first-order chi connectivity index (χ1) is 11.6. The molecule has 3 N–H and O–H groups in total. The number of nitrogens with zero attached hydrogens (tertiary/aromatic N) is 4. The summed E-state index contributed by atoms with van der Waals surface area (Å²) < 4.78 is 0. The molecule has 1 amide bonds. The third kappa shape index (κ3) is 4.42. The van der Waals surface area contributed by atoms with Gasteiger partial charge >= 0.3 is 0 Å². The number of nitrogens with two attached hydrogens (primary N) is 1. The second-order valence-electron chi connectivity index (χ2n) is 4.72. The van der Waals surface area contributed by atoms with E-state index in [2.05, 4.69) is 15.6 Å². The zero-order valence-electron chi connectivity index (χ0n) is 13.0. The van der Waals surface area contributed by atoms with E-state index in [0.717, 1.165) is 5.69 Å². The average Bonchev–Trinajstić information content (AvgIpc) is 2.65. The van der Waals surface area contributed by atoms with Gasteiger partial charge in [-0.3, -0.25) is 9.80 Å². The van der Waals surface area contributed by atoms with Gasteiger partial charge in [0.05, 0.1) is 5.69 Å². The molecular formula is C17H16N6O. The molecule has 120 valence electrons. The Balaban J connectivity index is 2.11. The van der Waals surface area contributed by atoms with Gasteiger partial charge in [0.1, 0.15) is 6.07 Å². The minimum atomic E-state index is -0.424. The van der Waals surface area contributed by atoms with Crippen LogP contribution in [0.3, 0.4) is 0 Å². The highest BCUT2D eigenvalue weighted by atomic mass is 16.2. The molecule has 0 saturated carbocycles. The Hall–Kier alpha value is -3.66. The molecule has 7 nitrogen and oxygen atoms in total. The lowest BCUT2D eigenvalue weighted by Gasteiger charge is -2.13. The van der Waals surface area contributed by atoms with Crippen molar-refractivity contribution in [3.63, 3.8) is 0 Å². The van der Waals surface area contributed by atoms with Crippen molar-refractivity contribution < 1.29 is 4.79 Å². The summed E-state index contributed by atoms with van der Waals surface area (Å²) in [5.41, 5.74) is 9.15. The maximum Gasteiger partial charge on any atom is 0.271 e. The molecule has 0 aliphatic heterocycles. The molecule has 0 saturated heterocycles. The van der Waals surface area contributed by atoms with Crippen LogP contribution in [0.1, 0.15) is 10.4 Å². The molecule has 0 bridgehead atoms. The van der Waals surface area contributed by atoms with Gasteiger partial charge in [-0.2, -0.15) is 15.5 Å². The third-order valence-electron chi connectivity index (χ3n) is 3.04. The second kappa shape index (κ2) is 8.10. The highest BCUT2D eigenvalue weighted by molar-refractivity contribution is 6.47. The van der Waals surface area contributed by atoms with Crippen molar-refractivity contribution in [3.05, 3.63) is 66.2 Å². The fraction of sp³-hybridized carbons (Fsp3) is 0.0588. The molecular weight excluding hydrogens is 304 g/mol. The Morgan fingerprint density at radius 2 is 1.71 bits per heavy atom. The molecule has 0 heterocycles. The number of hydrogen-bond donors (Lipinski definition) is 2. The number of hydrazone groups is 2. The number of rotatable bonds is 5. The number of hydrogen-bond acceptors (Lipinski definition) is 5. The van der Waals surface area contributed by atoms with Crippen LogP contribution in [0.2, 0.25) is 0 Å². The van der Waals surface area contributed by atoms with E-state index in [9.17, 15) is 10.1 Å². The van der Waals surface area contributed by atoms with E-state index in [1.165, 1.54) is 5.01 Å². The average molecular weight is 320 g/mol. The molecule has 0 atom stereocenters. The third-order valence-corrected chi connectivity index (χ3v) is 3.04. The van der Waals surface area contributed by atoms with Gasteiger partial charge in [-0.15, -0.1) is 0 Å². The Kier molecular flexibility index (Phi) is 5.64. The number of benzene rings is 2. The summed E-state index contributed by atoms with van der Waals surface area (Å²) in [7, 11) is 1.68. The van der Waals surface area contributed by atoms with Gasteiger partial charge in [-0.05, 0) is 24.3 Å². The predicted octanol–water partition coefficient (Wildman–Crippen LogP) is 1.70. The minimum absolute atomic E-state index is 0.102. The molecule has 2 rings (SSSR count). The van der Waals surface area contributed by atoms with Gasteiger partial charge in [0.2, 0.25) is 5.71 Å². The van der Waals surface area contributed by atoms with Gasteiger partial charge in [0.15, 0.2) is 5.84 Å². The maximum atomic E-state index is 11.9. The van der Waals surface area contributed by atoms with Crippen LogP contribution >= 0.6 is 0 Å². The zero-order chi connectivity index (χ0) is 17.4. The van der Waals surface area contributed by atoms with Crippen LogP contribution in [0.25, 0.3) is 0 Å². The van der Waals surface area contributed by atoms with Gasteiger partial charge < -0.3 is 5.73 Å². The molecule has 24 heavy (non-hydrogen) atoms. The van der Waals surface area contributed by atoms with Crippen LogP contribution in [-0.4, -0.2) is 24.5 Å². The number of amidine groups is 1. The summed E-state index contributed by atoms with van der Waals surface area (Å²) >= 11 is 0. The van der Waals surface area contributed by atoms with Gasteiger partial charge in [-0.1, -0.05) is 36.4 Å². The van der Waals surface area contributed by atoms with Crippen LogP contribution < -0.4 is 16.2 Å². The summed E-state index contributed by atoms with van der Waals surface area (Å²) in [6.45, 7) is 0. The number of nitriles is 1. The van der Waals surface area contributed by atoms with E-state index in [1.807, 2.05) is 36.4 Å². The Labute approximate surface area is 139 Å². The fourth-order valence-corrected chi connectivity index (χ4v) is 1.80. The fourth-order valence-electron chi connectivity index (χ4n) is 1.80. The van der Waals surface area contributed by atoms with E-state index < -0.39 is 5.91 Å². The lowest BCUT2D eigenvalue weighted by atomic mass is 10.2. The first-order valence-electron chi connectivity index (χ1n) is 7.08. The molecule has 0 aromatic heterocycles. The largest absolute Gasteiger partial charge is 0.380 e. The summed E-state index contributed by atoms with van der Waals surface area (Å²) in [5, 5.41) is 18.5. The Morgan fingerprint density at radius 3 is 2.29 bits per heavy atom. The molecule has 0 aliphatic carbocycles. The second-order valence-corrected chi connectivity index (χ2v) is 4.72. The number of carbonyl (C=O) groups excluding carboxylic acids is 1. The van der Waals surface area contributed by atoms with Crippen LogP contribution in [-0.2, 0) is 0 Å². The molecule has 0 spiro atoms. The van der Waals surface area contributed by atoms with E-state index in [-0.39, 0.29) is 11.5 Å². The first kappa shape index (κ1) is 16.7. The minimum Gasteiger partial charge on any atom is -0.380 e. The van der Waals surface area contributed by atoms with Gasteiger partial charge in [0.25, 0.3) is 5.91 Å². The smallest absolute Gasteiger partial charge is 0.271 e. The summed E-state index contributed by atoms with van der Waals surface area (Å²) in [6.07, 6.45) is 0. The lowest BCUT2D eigenvalue weighted by molar-refractivity contribution is 0.0955. The number of carbonyl (C=O) groups is 1. The molecule has 2 aromatic rings. The van der Waals surface area contributed by atoms with Crippen molar-refractivity contribution >= 4 is 23.1 Å². The van der Waals surface area contributed by atoms with Crippen LogP contribution in [0.4, 0.5) is 5.69 Å². The lowest BCUT2D eigenvalue weighted by Crippen LogP contribution is -2.30. The van der Waals surface area contributed by atoms with E-state index in [0.29, 0.717) is 5.56 Å². The van der Waals surface area contributed by atoms with Crippen molar-refractivity contribution in [1.82, 2.24) is 5.43 Å². The van der Waals surface area contributed by atoms with E-state index >= 15 is 0 Å². The van der Waals surface area contributed by atoms with Crippen molar-refractivity contribution in [3.8, 4) is 6.07 Å². The summed E-state index contributed by atoms with van der Waals surface area (Å²) in [6, 6.07) is 19.7. The normalized spacial score (nSPS) is 11.5. The Bertz CT molecular complexity index is 793. The SMILES string of the molecule is CN(N=C(C#N)C(N)=NNC(=O)c1ccccc1)c1ccccc1. The molecule has 2 aromatic carbocycles. The molecule has 0 radical (unpaired) electrons. The van der Waals surface area contributed by atoms with Crippen molar-refractivity contribution in [2.24, 2.45) is 15.9 Å². The standard InChI is InChI=1S/C17H16N6O/c1-23(14-10-6-3-7-11-14)22-15(12-18)16(19)20-21-17(24)13-8-4-2-5-9-13/h2-11H,1H3,(H2,19,20)(H,21,24). The molecule has 0 aliphatic rings. The maximum absolute atomic E-state index is 11.9. The number of amides is 1. The van der Waals surface area contributed by atoms with Gasteiger partial charge in [-0.25, -0.2) is 5.43 Å². The van der Waals surface area contributed by atoms with E-state index in [1.54, 1.807) is 37.4 Å². The Morgan fingerprint density at radius 1 is 1.12 bits per heavy atom. The first-order valence-corrected chi connectivity index (χ1v) is 7.08.